The predicted octanol–water partition coefficient (Wildman–Crippen LogP) is 2.51. The standard InChI is InChI=1S/C19H24N6OS/c1-19(2,3)15-12-25-17(21-15)27-18(22-25)24-10-8-23(9-11-24)14-6-4-13(5-7-14)16(20)26/h4-7,12H,8-11H2,1-3H3,(H2,20,26). The summed E-state index contributed by atoms with van der Waals surface area (Å²) in [4.78, 5) is 21.5. The normalized spacial score (nSPS) is 15.5. The third-order valence-electron chi connectivity index (χ3n) is 4.87. The maximum atomic E-state index is 11.2. The number of imidazole rings is 1. The second-order valence-electron chi connectivity index (χ2n) is 7.87. The number of primary amides is 1. The van der Waals surface area contributed by atoms with Crippen LogP contribution in [0.4, 0.5) is 10.8 Å². The van der Waals surface area contributed by atoms with E-state index in [1.165, 1.54) is 0 Å². The van der Waals surface area contributed by atoms with Crippen LogP contribution in [0.2, 0.25) is 0 Å². The molecule has 0 unspecified atom stereocenters. The van der Waals surface area contributed by atoms with Crippen LogP contribution in [0.1, 0.15) is 36.8 Å². The van der Waals surface area contributed by atoms with Crippen molar-refractivity contribution in [2.24, 2.45) is 5.73 Å². The summed E-state index contributed by atoms with van der Waals surface area (Å²) >= 11 is 1.64. The lowest BCUT2D eigenvalue weighted by atomic mass is 9.93. The van der Waals surface area contributed by atoms with Gasteiger partial charge in [0.05, 0.1) is 11.9 Å². The molecule has 2 N–H and O–H groups in total. The van der Waals surface area contributed by atoms with Gasteiger partial charge in [-0.1, -0.05) is 32.1 Å². The third-order valence-corrected chi connectivity index (χ3v) is 5.85. The highest BCUT2D eigenvalue weighted by Gasteiger charge is 2.23. The van der Waals surface area contributed by atoms with Crippen molar-refractivity contribution >= 4 is 33.0 Å². The summed E-state index contributed by atoms with van der Waals surface area (Å²) in [5.41, 5.74) is 8.06. The van der Waals surface area contributed by atoms with E-state index in [2.05, 4.69) is 30.6 Å². The second-order valence-corrected chi connectivity index (χ2v) is 8.81. The van der Waals surface area contributed by atoms with Crippen LogP contribution < -0.4 is 15.5 Å². The first-order chi connectivity index (χ1) is 12.8. The van der Waals surface area contributed by atoms with Crippen molar-refractivity contribution in [1.29, 1.82) is 0 Å². The number of carbonyl (C=O) groups is 1. The van der Waals surface area contributed by atoms with E-state index >= 15 is 0 Å². The van der Waals surface area contributed by atoms with Crippen molar-refractivity contribution < 1.29 is 4.79 Å². The molecule has 1 aliphatic rings. The number of amides is 1. The number of anilines is 2. The minimum absolute atomic E-state index is 0.0310. The Bertz CT molecular complexity index is 929. The van der Waals surface area contributed by atoms with Gasteiger partial charge in [-0.3, -0.25) is 4.79 Å². The molecule has 1 saturated heterocycles. The Morgan fingerprint density at radius 3 is 2.26 bits per heavy atom. The number of aromatic nitrogens is 3. The number of fused-ring (bicyclic) bond motifs is 1. The molecule has 3 heterocycles. The van der Waals surface area contributed by atoms with E-state index in [0.717, 1.165) is 47.7 Å². The van der Waals surface area contributed by atoms with Crippen molar-refractivity contribution in [3.05, 3.63) is 41.7 Å². The minimum atomic E-state index is -0.394. The first-order valence-electron chi connectivity index (χ1n) is 9.08. The molecule has 1 amide bonds. The average Bonchev–Trinajstić information content (AvgIpc) is 3.21. The summed E-state index contributed by atoms with van der Waals surface area (Å²) in [5.74, 6) is -0.394. The Morgan fingerprint density at radius 2 is 1.70 bits per heavy atom. The average molecular weight is 385 g/mol. The van der Waals surface area contributed by atoms with Gasteiger partial charge in [-0.05, 0) is 24.3 Å². The Morgan fingerprint density at radius 1 is 1.07 bits per heavy atom. The van der Waals surface area contributed by atoms with Crippen LogP contribution in [-0.2, 0) is 5.41 Å². The maximum absolute atomic E-state index is 11.2. The zero-order chi connectivity index (χ0) is 19.2. The number of hydrogen-bond donors (Lipinski definition) is 1. The van der Waals surface area contributed by atoms with E-state index in [0.29, 0.717) is 5.56 Å². The fourth-order valence-electron chi connectivity index (χ4n) is 3.17. The first kappa shape index (κ1) is 17.8. The van der Waals surface area contributed by atoms with Crippen LogP contribution in [0.25, 0.3) is 4.96 Å². The number of rotatable bonds is 3. The fraction of sp³-hybridized carbons (Fsp3) is 0.421. The summed E-state index contributed by atoms with van der Waals surface area (Å²) in [7, 11) is 0. The van der Waals surface area contributed by atoms with E-state index in [-0.39, 0.29) is 5.41 Å². The van der Waals surface area contributed by atoms with Crippen molar-refractivity contribution in [3.63, 3.8) is 0 Å². The van der Waals surface area contributed by atoms with Crippen LogP contribution in [0, 0.1) is 0 Å². The van der Waals surface area contributed by atoms with Crippen LogP contribution in [0.15, 0.2) is 30.5 Å². The van der Waals surface area contributed by atoms with E-state index in [9.17, 15) is 4.79 Å². The first-order valence-corrected chi connectivity index (χ1v) is 9.89. The lowest BCUT2D eigenvalue weighted by molar-refractivity contribution is 0.100. The molecule has 4 rings (SSSR count). The number of piperazine rings is 1. The Labute approximate surface area is 162 Å². The molecule has 27 heavy (non-hydrogen) atoms. The molecule has 0 aliphatic carbocycles. The zero-order valence-electron chi connectivity index (χ0n) is 15.8. The molecule has 0 spiro atoms. The number of hydrogen-bond acceptors (Lipinski definition) is 6. The molecule has 1 fully saturated rings. The quantitative estimate of drug-likeness (QED) is 0.751. The summed E-state index contributed by atoms with van der Waals surface area (Å²) in [6.07, 6.45) is 2.03. The van der Waals surface area contributed by atoms with Gasteiger partial charge in [0.1, 0.15) is 0 Å². The van der Waals surface area contributed by atoms with Crippen molar-refractivity contribution in [2.45, 2.75) is 26.2 Å². The minimum Gasteiger partial charge on any atom is -0.368 e. The topological polar surface area (TPSA) is 79.8 Å². The molecule has 0 saturated carbocycles. The number of nitrogens with zero attached hydrogens (tertiary/aromatic N) is 5. The molecule has 142 valence electrons. The number of nitrogens with two attached hydrogens (primary N) is 1. The summed E-state index contributed by atoms with van der Waals surface area (Å²) in [5, 5.41) is 5.74. The highest BCUT2D eigenvalue weighted by molar-refractivity contribution is 7.20. The van der Waals surface area contributed by atoms with Crippen LogP contribution in [-0.4, -0.2) is 46.7 Å². The molecular formula is C19H24N6OS. The van der Waals surface area contributed by atoms with Crippen molar-refractivity contribution in [2.75, 3.05) is 36.0 Å². The largest absolute Gasteiger partial charge is 0.368 e. The fourth-order valence-corrected chi connectivity index (χ4v) is 4.11. The maximum Gasteiger partial charge on any atom is 0.248 e. The Balaban J connectivity index is 1.43. The molecule has 0 radical (unpaired) electrons. The van der Waals surface area contributed by atoms with Crippen LogP contribution in [0.3, 0.4) is 0 Å². The molecule has 1 aliphatic heterocycles. The lowest BCUT2D eigenvalue weighted by Gasteiger charge is -2.35. The van der Waals surface area contributed by atoms with Gasteiger partial charge in [0.25, 0.3) is 0 Å². The van der Waals surface area contributed by atoms with E-state index in [1.807, 2.05) is 22.8 Å². The monoisotopic (exact) mass is 384 g/mol. The molecule has 7 nitrogen and oxygen atoms in total. The highest BCUT2D eigenvalue weighted by atomic mass is 32.1. The number of benzene rings is 1. The van der Waals surface area contributed by atoms with E-state index in [4.69, 9.17) is 15.8 Å². The molecular weight excluding hydrogens is 360 g/mol. The molecule has 8 heteroatoms. The second kappa shape index (κ2) is 6.53. The lowest BCUT2D eigenvalue weighted by Crippen LogP contribution is -2.46. The summed E-state index contributed by atoms with van der Waals surface area (Å²) < 4.78 is 1.90. The molecule has 2 aromatic heterocycles. The van der Waals surface area contributed by atoms with Crippen molar-refractivity contribution in [3.8, 4) is 0 Å². The smallest absolute Gasteiger partial charge is 0.248 e. The molecule has 3 aromatic rings. The summed E-state index contributed by atoms with van der Waals surface area (Å²) in [6.45, 7) is 10.1. The summed E-state index contributed by atoms with van der Waals surface area (Å²) in [6, 6.07) is 7.49. The zero-order valence-corrected chi connectivity index (χ0v) is 16.7. The van der Waals surface area contributed by atoms with Gasteiger partial charge >= 0.3 is 0 Å². The van der Waals surface area contributed by atoms with E-state index in [1.54, 1.807) is 23.5 Å². The highest BCUT2D eigenvalue weighted by Crippen LogP contribution is 2.28. The Hall–Kier alpha value is -2.61. The number of carbonyl (C=O) groups excluding carboxylic acids is 1. The van der Waals surface area contributed by atoms with Gasteiger partial charge in [0.15, 0.2) is 0 Å². The van der Waals surface area contributed by atoms with Gasteiger partial charge in [-0.25, -0.2) is 9.50 Å². The predicted molar refractivity (Wildman–Crippen MR) is 109 cm³/mol. The van der Waals surface area contributed by atoms with Crippen LogP contribution >= 0.6 is 11.3 Å². The van der Waals surface area contributed by atoms with Crippen LogP contribution in [0.5, 0.6) is 0 Å². The third kappa shape index (κ3) is 3.49. The van der Waals surface area contributed by atoms with Gasteiger partial charge < -0.3 is 15.5 Å². The van der Waals surface area contributed by atoms with Gasteiger partial charge in [-0.15, -0.1) is 5.10 Å². The molecule has 0 atom stereocenters. The van der Waals surface area contributed by atoms with Gasteiger partial charge in [-0.2, -0.15) is 0 Å². The van der Waals surface area contributed by atoms with Gasteiger partial charge in [0.2, 0.25) is 16.0 Å². The van der Waals surface area contributed by atoms with Crippen molar-refractivity contribution in [1.82, 2.24) is 14.6 Å². The van der Waals surface area contributed by atoms with E-state index < -0.39 is 5.91 Å². The molecule has 1 aromatic carbocycles. The Kier molecular flexibility index (Phi) is 4.30. The molecule has 0 bridgehead atoms. The SMILES string of the molecule is CC(C)(C)c1cn2nc(N3CCN(c4ccc(C(N)=O)cc4)CC3)sc2n1. The van der Waals surface area contributed by atoms with Gasteiger partial charge in [0, 0.05) is 42.8 Å².